The second kappa shape index (κ2) is 7.44. The maximum absolute atomic E-state index is 12.8. The predicted molar refractivity (Wildman–Crippen MR) is 107 cm³/mol. The van der Waals surface area contributed by atoms with E-state index < -0.39 is 0 Å². The van der Waals surface area contributed by atoms with Gasteiger partial charge in [-0.2, -0.15) is 5.10 Å². The molecule has 2 aromatic heterocycles. The van der Waals surface area contributed by atoms with Crippen LogP contribution in [0.25, 0.3) is 11.3 Å². The number of rotatable bonds is 5. The summed E-state index contributed by atoms with van der Waals surface area (Å²) in [6.07, 6.45) is 3.26. The molecule has 0 bridgehead atoms. The number of aryl methyl sites for hydroxylation is 2. The summed E-state index contributed by atoms with van der Waals surface area (Å²) in [5, 5.41) is 8.26. The number of benzene rings is 1. The molecule has 1 N–H and O–H groups in total. The third kappa shape index (κ3) is 3.64. The van der Waals surface area contributed by atoms with Crippen LogP contribution in [0, 0.1) is 0 Å². The summed E-state index contributed by atoms with van der Waals surface area (Å²) in [7, 11) is 1.87. The van der Waals surface area contributed by atoms with Crippen LogP contribution in [0.3, 0.4) is 0 Å². The highest BCUT2D eigenvalue weighted by atomic mass is 35.5. The first-order valence-electron chi connectivity index (χ1n) is 8.84. The van der Waals surface area contributed by atoms with Gasteiger partial charge in [0.15, 0.2) is 5.69 Å². The van der Waals surface area contributed by atoms with Crippen molar-refractivity contribution in [3.05, 3.63) is 58.6 Å². The number of thioether (sulfide) groups is 1. The van der Waals surface area contributed by atoms with Crippen LogP contribution in [0.15, 0.2) is 45.9 Å². The first-order chi connectivity index (χ1) is 13.0. The van der Waals surface area contributed by atoms with E-state index in [2.05, 4.69) is 10.4 Å². The van der Waals surface area contributed by atoms with Gasteiger partial charge >= 0.3 is 0 Å². The number of fused-ring (bicyclic) bond motifs is 3. The second-order valence-corrected chi connectivity index (χ2v) is 8.17. The first-order valence-corrected chi connectivity index (χ1v) is 10.2. The van der Waals surface area contributed by atoms with E-state index in [1.54, 1.807) is 22.7 Å². The lowest BCUT2D eigenvalue weighted by Crippen LogP contribution is -2.33. The highest BCUT2D eigenvalue weighted by molar-refractivity contribution is 7.98. The number of hydrogen-bond donors (Lipinski definition) is 1. The van der Waals surface area contributed by atoms with E-state index in [9.17, 15) is 4.79 Å². The molecule has 1 aliphatic rings. The summed E-state index contributed by atoms with van der Waals surface area (Å²) < 4.78 is 7.14. The molecule has 7 heteroatoms. The highest BCUT2D eigenvalue weighted by Crippen LogP contribution is 2.43. The molecule has 0 saturated carbocycles. The lowest BCUT2D eigenvalue weighted by Gasteiger charge is -2.18. The van der Waals surface area contributed by atoms with Crippen molar-refractivity contribution in [2.24, 2.45) is 7.05 Å². The predicted octanol–water partition coefficient (Wildman–Crippen LogP) is 4.69. The summed E-state index contributed by atoms with van der Waals surface area (Å²) in [6.45, 7) is 2.00. The minimum absolute atomic E-state index is 0.0261. The van der Waals surface area contributed by atoms with Crippen molar-refractivity contribution in [2.45, 2.75) is 36.5 Å². The van der Waals surface area contributed by atoms with E-state index in [0.29, 0.717) is 10.7 Å². The van der Waals surface area contributed by atoms with Gasteiger partial charge in [0.1, 0.15) is 5.76 Å². The molecule has 0 aliphatic carbocycles. The lowest BCUT2D eigenvalue weighted by molar-refractivity contribution is 0.0931. The molecular formula is C20H20ClN3O2S. The Labute approximate surface area is 167 Å². The molecule has 1 aliphatic heterocycles. The zero-order valence-electron chi connectivity index (χ0n) is 15.2. The standard InChI is InChI=1S/C20H20ClN3O2S/c1-12(5-7-14-4-3-9-26-14)22-20(25)18-16-11-27-17-8-6-13(21)10-15(17)19(16)24(2)23-18/h3-4,6,8-10,12H,5,7,11H2,1-2H3,(H,22,25). The third-order valence-corrected chi connectivity index (χ3v) is 6.05. The van der Waals surface area contributed by atoms with Gasteiger partial charge in [0.2, 0.25) is 0 Å². The molecule has 3 heterocycles. The van der Waals surface area contributed by atoms with Gasteiger partial charge in [-0.15, -0.1) is 11.8 Å². The van der Waals surface area contributed by atoms with Crippen molar-refractivity contribution >= 4 is 29.3 Å². The molecule has 1 aromatic carbocycles. The molecule has 0 spiro atoms. The van der Waals surface area contributed by atoms with E-state index in [-0.39, 0.29) is 11.9 Å². The molecule has 140 valence electrons. The van der Waals surface area contributed by atoms with E-state index in [4.69, 9.17) is 16.0 Å². The molecule has 0 radical (unpaired) electrons. The van der Waals surface area contributed by atoms with Crippen molar-refractivity contribution < 1.29 is 9.21 Å². The minimum atomic E-state index is -0.134. The van der Waals surface area contributed by atoms with Gasteiger partial charge in [-0.05, 0) is 43.7 Å². The number of nitrogens with one attached hydrogen (secondary N) is 1. The quantitative estimate of drug-likeness (QED) is 0.673. The molecule has 1 atom stereocenters. The fourth-order valence-corrected chi connectivity index (χ4v) is 4.59. The SMILES string of the molecule is CC(CCc1ccco1)NC(=O)c1nn(C)c2c1CSc1ccc(Cl)cc1-2. The summed E-state index contributed by atoms with van der Waals surface area (Å²) in [5.41, 5.74) is 3.47. The van der Waals surface area contributed by atoms with Crippen LogP contribution >= 0.6 is 23.4 Å². The molecule has 0 saturated heterocycles. The van der Waals surface area contributed by atoms with Crippen LogP contribution in [-0.4, -0.2) is 21.7 Å². The Kier molecular flexibility index (Phi) is 5.02. The van der Waals surface area contributed by atoms with Crippen molar-refractivity contribution in [1.82, 2.24) is 15.1 Å². The Balaban J connectivity index is 1.53. The summed E-state index contributed by atoms with van der Waals surface area (Å²) in [4.78, 5) is 14.0. The zero-order chi connectivity index (χ0) is 19.0. The Morgan fingerprint density at radius 2 is 2.30 bits per heavy atom. The van der Waals surface area contributed by atoms with Crippen LogP contribution in [0.2, 0.25) is 5.02 Å². The van der Waals surface area contributed by atoms with Gasteiger partial charge < -0.3 is 9.73 Å². The lowest BCUT2D eigenvalue weighted by atomic mass is 10.1. The summed E-state index contributed by atoms with van der Waals surface area (Å²) in [5.74, 6) is 1.52. The first kappa shape index (κ1) is 18.2. The molecule has 0 fully saturated rings. The fourth-order valence-electron chi connectivity index (χ4n) is 3.36. The molecule has 5 nitrogen and oxygen atoms in total. The molecule has 4 rings (SSSR count). The molecule has 1 amide bonds. The van der Waals surface area contributed by atoms with Crippen molar-refractivity contribution in [1.29, 1.82) is 0 Å². The maximum atomic E-state index is 12.8. The summed E-state index contributed by atoms with van der Waals surface area (Å²) in [6, 6.07) is 9.71. The number of amides is 1. The smallest absolute Gasteiger partial charge is 0.272 e. The summed E-state index contributed by atoms with van der Waals surface area (Å²) >= 11 is 7.89. The van der Waals surface area contributed by atoms with Crippen LogP contribution < -0.4 is 5.32 Å². The van der Waals surface area contributed by atoms with Gasteiger partial charge in [0, 0.05) is 46.3 Å². The Morgan fingerprint density at radius 1 is 1.44 bits per heavy atom. The number of nitrogens with zero attached hydrogens (tertiary/aromatic N) is 2. The van der Waals surface area contributed by atoms with Crippen molar-refractivity contribution in [3.63, 3.8) is 0 Å². The number of furan rings is 1. The Morgan fingerprint density at radius 3 is 3.07 bits per heavy atom. The maximum Gasteiger partial charge on any atom is 0.272 e. The van der Waals surface area contributed by atoms with Gasteiger partial charge in [0.05, 0.1) is 12.0 Å². The second-order valence-electron chi connectivity index (χ2n) is 6.72. The topological polar surface area (TPSA) is 60.1 Å². The van der Waals surface area contributed by atoms with Crippen molar-refractivity contribution in [2.75, 3.05) is 0 Å². The van der Waals surface area contributed by atoms with Gasteiger partial charge in [-0.1, -0.05) is 11.6 Å². The molecule has 1 unspecified atom stereocenters. The Bertz CT molecular complexity index is 982. The van der Waals surface area contributed by atoms with Crippen LogP contribution in [-0.2, 0) is 19.2 Å². The van der Waals surface area contributed by atoms with Crippen molar-refractivity contribution in [3.8, 4) is 11.3 Å². The largest absolute Gasteiger partial charge is 0.469 e. The molecule has 3 aromatic rings. The number of carbonyl (C=O) groups is 1. The van der Waals surface area contributed by atoms with E-state index in [0.717, 1.165) is 46.1 Å². The van der Waals surface area contributed by atoms with Crippen LogP contribution in [0.4, 0.5) is 0 Å². The normalized spacial score (nSPS) is 13.7. The number of hydrogen-bond acceptors (Lipinski definition) is 4. The average molecular weight is 402 g/mol. The van der Waals surface area contributed by atoms with E-state index >= 15 is 0 Å². The molecule has 27 heavy (non-hydrogen) atoms. The van der Waals surface area contributed by atoms with Crippen LogP contribution in [0.5, 0.6) is 0 Å². The average Bonchev–Trinajstić information content (AvgIpc) is 3.28. The third-order valence-electron chi connectivity index (χ3n) is 4.71. The zero-order valence-corrected chi connectivity index (χ0v) is 16.7. The van der Waals surface area contributed by atoms with E-state index in [1.807, 2.05) is 44.3 Å². The highest BCUT2D eigenvalue weighted by Gasteiger charge is 2.28. The van der Waals surface area contributed by atoms with Gasteiger partial charge in [0.25, 0.3) is 5.91 Å². The van der Waals surface area contributed by atoms with E-state index in [1.165, 1.54) is 0 Å². The molecular weight excluding hydrogens is 382 g/mol. The Hall–Kier alpha value is -2.18. The number of halogens is 1. The monoisotopic (exact) mass is 401 g/mol. The minimum Gasteiger partial charge on any atom is -0.469 e. The van der Waals surface area contributed by atoms with Gasteiger partial charge in [-0.3, -0.25) is 9.48 Å². The fraction of sp³-hybridized carbons (Fsp3) is 0.300. The number of carbonyl (C=O) groups excluding carboxylic acids is 1. The van der Waals surface area contributed by atoms with Crippen LogP contribution in [0.1, 0.15) is 35.2 Å². The number of aromatic nitrogens is 2. The van der Waals surface area contributed by atoms with Gasteiger partial charge in [-0.25, -0.2) is 0 Å².